The molecule has 31 heavy (non-hydrogen) atoms. The smallest absolute Gasteiger partial charge is 0.233 e. The average Bonchev–Trinajstić information content (AvgIpc) is 3.40. The number of amides is 1. The summed E-state index contributed by atoms with van der Waals surface area (Å²) >= 11 is 1.30. The first kappa shape index (κ1) is 21.0. The van der Waals surface area contributed by atoms with E-state index in [4.69, 9.17) is 0 Å². The van der Waals surface area contributed by atoms with E-state index >= 15 is 0 Å². The second-order valence-corrected chi connectivity index (χ2v) is 8.51. The number of aromatic amines is 1. The van der Waals surface area contributed by atoms with Crippen LogP contribution in [-0.4, -0.2) is 42.9 Å². The van der Waals surface area contributed by atoms with Crippen molar-refractivity contribution < 1.29 is 9.18 Å². The Hall–Kier alpha value is -3.20. The summed E-state index contributed by atoms with van der Waals surface area (Å²) in [6, 6.07) is 12.7. The van der Waals surface area contributed by atoms with Crippen LogP contribution >= 0.6 is 11.8 Å². The molecule has 2 N–H and O–H groups in total. The van der Waals surface area contributed by atoms with Gasteiger partial charge in [0.25, 0.3) is 0 Å². The Bertz CT molecular complexity index is 1190. The van der Waals surface area contributed by atoms with Gasteiger partial charge in [-0.15, -0.1) is 5.10 Å². The fraction of sp³-hybridized carbons (Fsp3) is 0.273. The van der Waals surface area contributed by atoms with Gasteiger partial charge in [0.15, 0.2) is 0 Å². The van der Waals surface area contributed by atoms with Crippen molar-refractivity contribution >= 4 is 28.6 Å². The number of nitrogens with one attached hydrogen (secondary N) is 2. The van der Waals surface area contributed by atoms with Gasteiger partial charge in [0.1, 0.15) is 5.82 Å². The number of carbonyl (C=O) groups excluding carboxylic acids is 1. The third kappa shape index (κ3) is 4.77. The molecule has 4 rings (SSSR count). The maximum absolute atomic E-state index is 13.5. The number of fused-ring (bicyclic) bond motifs is 1. The van der Waals surface area contributed by atoms with Crippen molar-refractivity contribution in [2.45, 2.75) is 37.1 Å². The Morgan fingerprint density at radius 1 is 1.26 bits per heavy atom. The number of tetrazole rings is 1. The van der Waals surface area contributed by atoms with Crippen LogP contribution in [0.4, 0.5) is 4.39 Å². The summed E-state index contributed by atoms with van der Waals surface area (Å²) < 4.78 is 15.2. The van der Waals surface area contributed by atoms with E-state index in [0.29, 0.717) is 18.1 Å². The number of rotatable bonds is 8. The number of hydrogen-bond donors (Lipinski definition) is 2. The van der Waals surface area contributed by atoms with Gasteiger partial charge in [-0.2, -0.15) is 4.68 Å². The first-order valence-corrected chi connectivity index (χ1v) is 11.0. The summed E-state index contributed by atoms with van der Waals surface area (Å²) in [6.07, 6.45) is 3.42. The lowest BCUT2D eigenvalue weighted by Crippen LogP contribution is -2.32. The number of H-pyrrole nitrogens is 1. The molecule has 2 heterocycles. The predicted octanol–water partition coefficient (Wildman–Crippen LogP) is 3.68. The number of aryl methyl sites for hydroxylation is 1. The molecule has 0 saturated heterocycles. The molecule has 1 unspecified atom stereocenters. The maximum atomic E-state index is 13.5. The van der Waals surface area contributed by atoms with Crippen LogP contribution < -0.4 is 5.32 Å². The van der Waals surface area contributed by atoms with E-state index in [9.17, 15) is 9.18 Å². The molecule has 0 aliphatic carbocycles. The molecule has 9 heteroatoms. The Labute approximate surface area is 183 Å². The first-order valence-electron chi connectivity index (χ1n) is 10.1. The number of aromatic nitrogens is 5. The third-order valence-electron chi connectivity index (χ3n) is 5.10. The van der Waals surface area contributed by atoms with Gasteiger partial charge in [-0.3, -0.25) is 4.79 Å². The fourth-order valence-electron chi connectivity index (χ4n) is 3.32. The number of halogens is 1. The Morgan fingerprint density at radius 2 is 2.06 bits per heavy atom. The van der Waals surface area contributed by atoms with E-state index in [-0.39, 0.29) is 17.0 Å². The molecule has 0 fully saturated rings. The van der Waals surface area contributed by atoms with Crippen LogP contribution in [0.25, 0.3) is 16.6 Å². The van der Waals surface area contributed by atoms with Crippen LogP contribution in [0.1, 0.15) is 25.0 Å². The molecule has 1 amide bonds. The highest BCUT2D eigenvalue weighted by molar-refractivity contribution is 8.00. The van der Waals surface area contributed by atoms with Crippen molar-refractivity contribution in [3.05, 3.63) is 65.6 Å². The van der Waals surface area contributed by atoms with Gasteiger partial charge in [-0.05, 0) is 71.7 Å². The van der Waals surface area contributed by atoms with Gasteiger partial charge >= 0.3 is 0 Å². The zero-order valence-electron chi connectivity index (χ0n) is 17.3. The number of thioether (sulfide) groups is 1. The predicted molar refractivity (Wildman–Crippen MR) is 119 cm³/mol. The largest absolute Gasteiger partial charge is 0.361 e. The minimum Gasteiger partial charge on any atom is -0.361 e. The molecule has 4 aromatic rings. The summed E-state index contributed by atoms with van der Waals surface area (Å²) in [5.41, 5.74) is 3.93. The Balaban J connectivity index is 1.35. The van der Waals surface area contributed by atoms with Gasteiger partial charge in [0.05, 0.1) is 10.9 Å². The second-order valence-electron chi connectivity index (χ2n) is 7.20. The Kier molecular flexibility index (Phi) is 6.31. The van der Waals surface area contributed by atoms with Crippen LogP contribution in [0, 0.1) is 5.82 Å². The topological polar surface area (TPSA) is 88.5 Å². The quantitative estimate of drug-likeness (QED) is 0.410. The van der Waals surface area contributed by atoms with Crippen LogP contribution in [0.3, 0.4) is 0 Å². The van der Waals surface area contributed by atoms with Gasteiger partial charge in [-0.25, -0.2) is 4.39 Å². The maximum Gasteiger partial charge on any atom is 0.233 e. The number of carbonyl (C=O) groups is 1. The van der Waals surface area contributed by atoms with Gasteiger partial charge < -0.3 is 10.3 Å². The molecule has 0 bridgehead atoms. The van der Waals surface area contributed by atoms with Crippen LogP contribution in [0.5, 0.6) is 0 Å². The zero-order valence-corrected chi connectivity index (χ0v) is 18.1. The number of hydrogen-bond acceptors (Lipinski definition) is 5. The molecule has 0 aliphatic heterocycles. The number of nitrogens with zero attached hydrogens (tertiary/aromatic N) is 4. The molecule has 0 aliphatic rings. The molecule has 7 nitrogen and oxygen atoms in total. The highest BCUT2D eigenvalue weighted by Gasteiger charge is 2.19. The van der Waals surface area contributed by atoms with Gasteiger partial charge in [0, 0.05) is 23.6 Å². The molecule has 0 spiro atoms. The number of benzene rings is 2. The molecule has 2 aromatic carbocycles. The van der Waals surface area contributed by atoms with E-state index in [0.717, 1.165) is 28.6 Å². The highest BCUT2D eigenvalue weighted by atomic mass is 32.2. The minimum absolute atomic E-state index is 0.105. The van der Waals surface area contributed by atoms with E-state index in [1.165, 1.54) is 29.5 Å². The van der Waals surface area contributed by atoms with Crippen molar-refractivity contribution in [2.75, 3.05) is 6.54 Å². The lowest BCUT2D eigenvalue weighted by molar-refractivity contribution is -0.120. The van der Waals surface area contributed by atoms with Crippen molar-refractivity contribution in [2.24, 2.45) is 0 Å². The van der Waals surface area contributed by atoms with Crippen LogP contribution in [0.2, 0.25) is 0 Å². The summed E-state index contributed by atoms with van der Waals surface area (Å²) in [6.45, 7) is 4.38. The SMILES string of the molecule is CCc1ccc(-n2nnnc2SC(C)C(=O)NCCc2c[nH]c3ccc(F)cc23)cc1. The van der Waals surface area contributed by atoms with Gasteiger partial charge in [0.2, 0.25) is 11.1 Å². The summed E-state index contributed by atoms with van der Waals surface area (Å²) in [4.78, 5) is 15.7. The second kappa shape index (κ2) is 9.30. The molecule has 0 saturated carbocycles. The average molecular weight is 439 g/mol. The van der Waals surface area contributed by atoms with Crippen LogP contribution in [0.15, 0.2) is 53.8 Å². The summed E-state index contributed by atoms with van der Waals surface area (Å²) in [5.74, 6) is -0.378. The highest BCUT2D eigenvalue weighted by Crippen LogP contribution is 2.23. The van der Waals surface area contributed by atoms with E-state index in [1.807, 2.05) is 37.4 Å². The monoisotopic (exact) mass is 438 g/mol. The molecular weight excluding hydrogens is 415 g/mol. The van der Waals surface area contributed by atoms with Crippen molar-refractivity contribution in [3.63, 3.8) is 0 Å². The standard InChI is InChI=1S/C22H23FN6OS/c1-3-15-4-7-18(8-5-15)29-22(26-27-28-29)31-14(2)21(30)24-11-10-16-13-25-20-9-6-17(23)12-19(16)20/h4-9,12-14,25H,3,10-11H2,1-2H3,(H,24,30). The van der Waals surface area contributed by atoms with Crippen molar-refractivity contribution in [3.8, 4) is 5.69 Å². The molecular formula is C22H23FN6OS. The van der Waals surface area contributed by atoms with Crippen molar-refractivity contribution in [1.29, 1.82) is 0 Å². The molecule has 0 radical (unpaired) electrons. The third-order valence-corrected chi connectivity index (χ3v) is 6.14. The van der Waals surface area contributed by atoms with Crippen LogP contribution in [-0.2, 0) is 17.6 Å². The Morgan fingerprint density at radius 3 is 2.84 bits per heavy atom. The van der Waals surface area contributed by atoms with E-state index < -0.39 is 0 Å². The minimum atomic E-state index is -0.375. The lowest BCUT2D eigenvalue weighted by Gasteiger charge is -2.12. The normalized spacial score (nSPS) is 12.2. The van der Waals surface area contributed by atoms with Crippen molar-refractivity contribution in [1.82, 2.24) is 30.5 Å². The molecule has 160 valence electrons. The zero-order chi connectivity index (χ0) is 21.8. The molecule has 1 atom stereocenters. The van der Waals surface area contributed by atoms with E-state index in [1.54, 1.807) is 10.7 Å². The molecule has 2 aromatic heterocycles. The summed E-state index contributed by atoms with van der Waals surface area (Å²) in [7, 11) is 0. The summed E-state index contributed by atoms with van der Waals surface area (Å²) in [5, 5.41) is 15.8. The first-order chi connectivity index (χ1) is 15.0. The lowest BCUT2D eigenvalue weighted by atomic mass is 10.1. The van der Waals surface area contributed by atoms with Gasteiger partial charge in [-0.1, -0.05) is 30.8 Å². The van der Waals surface area contributed by atoms with E-state index in [2.05, 4.69) is 32.7 Å². The fourth-order valence-corrected chi connectivity index (χ4v) is 4.15.